The molecular formula is C14H18N2S. The maximum absolute atomic E-state index is 4.75. The molecule has 17 heavy (non-hydrogen) atoms. The van der Waals surface area contributed by atoms with Gasteiger partial charge in [-0.25, -0.2) is 4.98 Å². The van der Waals surface area contributed by atoms with Gasteiger partial charge in [-0.1, -0.05) is 19.1 Å². The molecule has 1 unspecified atom stereocenters. The standard InChI is InChI=1S/C14H18N2S/c1-11(10-16-8-4-5-9-16)14-15-12-6-2-3-7-13(12)17-14/h2-3,6-7,11H,4-5,8-10H2,1H3. The van der Waals surface area contributed by atoms with Gasteiger partial charge in [-0.2, -0.15) is 0 Å². The van der Waals surface area contributed by atoms with Crippen LogP contribution in [0.3, 0.4) is 0 Å². The Bertz CT molecular complexity index is 467. The van der Waals surface area contributed by atoms with Crippen LogP contribution < -0.4 is 0 Å². The Morgan fingerprint density at radius 3 is 2.82 bits per heavy atom. The lowest BCUT2D eigenvalue weighted by Crippen LogP contribution is -2.24. The van der Waals surface area contributed by atoms with Crippen molar-refractivity contribution >= 4 is 21.6 Å². The summed E-state index contributed by atoms with van der Waals surface area (Å²) in [7, 11) is 0. The van der Waals surface area contributed by atoms with Crippen LogP contribution in [0.5, 0.6) is 0 Å². The van der Waals surface area contributed by atoms with E-state index in [0.717, 1.165) is 5.52 Å². The summed E-state index contributed by atoms with van der Waals surface area (Å²) in [5.74, 6) is 0.561. The third-order valence-corrected chi connectivity index (χ3v) is 4.73. The summed E-state index contributed by atoms with van der Waals surface area (Å²) in [5, 5.41) is 1.29. The SMILES string of the molecule is CC(CN1CCCC1)c1nc2ccccc2s1. The van der Waals surface area contributed by atoms with Gasteiger partial charge in [0.1, 0.15) is 0 Å². The topological polar surface area (TPSA) is 16.1 Å². The lowest BCUT2D eigenvalue weighted by atomic mass is 10.2. The molecule has 0 saturated carbocycles. The number of para-hydroxylation sites is 1. The Labute approximate surface area is 106 Å². The van der Waals surface area contributed by atoms with Crippen molar-refractivity contribution < 1.29 is 0 Å². The van der Waals surface area contributed by atoms with Crippen molar-refractivity contribution in [2.24, 2.45) is 0 Å². The summed E-state index contributed by atoms with van der Waals surface area (Å²) in [6.45, 7) is 6.01. The van der Waals surface area contributed by atoms with Gasteiger partial charge in [0.15, 0.2) is 0 Å². The second kappa shape index (κ2) is 4.75. The monoisotopic (exact) mass is 246 g/mol. The molecule has 1 aromatic heterocycles. The van der Waals surface area contributed by atoms with E-state index in [4.69, 9.17) is 4.98 Å². The van der Waals surface area contributed by atoms with E-state index >= 15 is 0 Å². The van der Waals surface area contributed by atoms with Crippen LogP contribution in [0, 0.1) is 0 Å². The number of thiazole rings is 1. The van der Waals surface area contributed by atoms with Crippen molar-refractivity contribution in [1.82, 2.24) is 9.88 Å². The molecule has 2 nitrogen and oxygen atoms in total. The molecule has 3 heteroatoms. The Kier molecular flexibility index (Phi) is 3.12. The number of hydrogen-bond acceptors (Lipinski definition) is 3. The van der Waals surface area contributed by atoms with E-state index in [9.17, 15) is 0 Å². The Morgan fingerprint density at radius 1 is 1.29 bits per heavy atom. The fraction of sp³-hybridized carbons (Fsp3) is 0.500. The Hall–Kier alpha value is -0.930. The zero-order valence-electron chi connectivity index (χ0n) is 10.2. The number of nitrogens with zero attached hydrogens (tertiary/aromatic N) is 2. The van der Waals surface area contributed by atoms with Crippen LogP contribution >= 0.6 is 11.3 Å². The van der Waals surface area contributed by atoms with Crippen LogP contribution in [0.2, 0.25) is 0 Å². The first kappa shape index (κ1) is 11.2. The average Bonchev–Trinajstić information content (AvgIpc) is 2.96. The fourth-order valence-electron chi connectivity index (χ4n) is 2.53. The van der Waals surface area contributed by atoms with Crippen LogP contribution in [0.15, 0.2) is 24.3 Å². The van der Waals surface area contributed by atoms with Crippen LogP contribution in [-0.4, -0.2) is 29.5 Å². The summed E-state index contributed by atoms with van der Waals surface area (Å²) in [5.41, 5.74) is 1.15. The number of aromatic nitrogens is 1. The molecule has 0 N–H and O–H groups in total. The van der Waals surface area contributed by atoms with Gasteiger partial charge in [-0.05, 0) is 38.1 Å². The summed E-state index contributed by atoms with van der Waals surface area (Å²) in [4.78, 5) is 7.31. The lowest BCUT2D eigenvalue weighted by molar-refractivity contribution is 0.320. The highest BCUT2D eigenvalue weighted by molar-refractivity contribution is 7.18. The predicted octanol–water partition coefficient (Wildman–Crippen LogP) is 3.50. The van der Waals surface area contributed by atoms with Crippen molar-refractivity contribution in [3.8, 4) is 0 Å². The minimum atomic E-state index is 0.561. The van der Waals surface area contributed by atoms with Crippen LogP contribution in [-0.2, 0) is 0 Å². The molecule has 2 aromatic rings. The van der Waals surface area contributed by atoms with Crippen LogP contribution in [0.25, 0.3) is 10.2 Å². The van der Waals surface area contributed by atoms with E-state index in [0.29, 0.717) is 5.92 Å². The molecule has 0 bridgehead atoms. The highest BCUT2D eigenvalue weighted by Gasteiger charge is 2.18. The molecule has 0 spiro atoms. The van der Waals surface area contributed by atoms with E-state index in [1.165, 1.54) is 42.2 Å². The second-order valence-electron chi connectivity index (χ2n) is 4.93. The molecule has 90 valence electrons. The molecule has 1 aliphatic rings. The highest BCUT2D eigenvalue weighted by atomic mass is 32.1. The van der Waals surface area contributed by atoms with Crippen LogP contribution in [0.4, 0.5) is 0 Å². The number of hydrogen-bond donors (Lipinski definition) is 0. The van der Waals surface area contributed by atoms with Gasteiger partial charge in [0.25, 0.3) is 0 Å². The molecule has 3 rings (SSSR count). The minimum Gasteiger partial charge on any atom is -0.303 e. The second-order valence-corrected chi connectivity index (χ2v) is 5.99. The summed E-state index contributed by atoms with van der Waals surface area (Å²) < 4.78 is 1.32. The molecular weight excluding hydrogens is 228 g/mol. The van der Waals surface area contributed by atoms with Gasteiger partial charge in [-0.15, -0.1) is 11.3 Å². The molecule has 2 heterocycles. The zero-order chi connectivity index (χ0) is 11.7. The maximum atomic E-state index is 4.75. The maximum Gasteiger partial charge on any atom is 0.0979 e. The van der Waals surface area contributed by atoms with Crippen molar-refractivity contribution in [2.75, 3.05) is 19.6 Å². The van der Waals surface area contributed by atoms with E-state index in [1.54, 1.807) is 0 Å². The molecule has 1 aromatic carbocycles. The molecule has 1 fully saturated rings. The van der Waals surface area contributed by atoms with E-state index in [2.05, 4.69) is 36.1 Å². The van der Waals surface area contributed by atoms with E-state index in [1.807, 2.05) is 11.3 Å². The van der Waals surface area contributed by atoms with Gasteiger partial charge in [0, 0.05) is 12.5 Å². The van der Waals surface area contributed by atoms with Crippen molar-refractivity contribution in [3.05, 3.63) is 29.3 Å². The summed E-state index contributed by atoms with van der Waals surface area (Å²) in [6.07, 6.45) is 2.74. The first-order valence-corrected chi connectivity index (χ1v) is 7.22. The number of benzene rings is 1. The first-order valence-electron chi connectivity index (χ1n) is 6.41. The first-order chi connectivity index (χ1) is 8.33. The van der Waals surface area contributed by atoms with Gasteiger partial charge in [-0.3, -0.25) is 0 Å². The summed E-state index contributed by atoms with van der Waals surface area (Å²) in [6, 6.07) is 8.43. The molecule has 0 amide bonds. The smallest absolute Gasteiger partial charge is 0.0979 e. The molecule has 0 radical (unpaired) electrons. The minimum absolute atomic E-state index is 0.561. The molecule has 1 atom stereocenters. The zero-order valence-corrected chi connectivity index (χ0v) is 11.0. The number of likely N-dealkylation sites (tertiary alicyclic amines) is 1. The van der Waals surface area contributed by atoms with Gasteiger partial charge in [0.05, 0.1) is 15.2 Å². The summed E-state index contributed by atoms with van der Waals surface area (Å²) >= 11 is 1.85. The predicted molar refractivity (Wildman–Crippen MR) is 73.7 cm³/mol. The molecule has 1 saturated heterocycles. The fourth-order valence-corrected chi connectivity index (χ4v) is 3.54. The number of rotatable bonds is 3. The van der Waals surface area contributed by atoms with Gasteiger partial charge >= 0.3 is 0 Å². The quantitative estimate of drug-likeness (QED) is 0.824. The lowest BCUT2D eigenvalue weighted by Gasteiger charge is -2.18. The van der Waals surface area contributed by atoms with Crippen molar-refractivity contribution in [3.63, 3.8) is 0 Å². The van der Waals surface area contributed by atoms with E-state index < -0.39 is 0 Å². The largest absolute Gasteiger partial charge is 0.303 e. The molecule has 1 aliphatic heterocycles. The van der Waals surface area contributed by atoms with Crippen molar-refractivity contribution in [2.45, 2.75) is 25.7 Å². The average molecular weight is 246 g/mol. The third kappa shape index (κ3) is 2.35. The number of fused-ring (bicyclic) bond motifs is 1. The third-order valence-electron chi connectivity index (χ3n) is 3.46. The van der Waals surface area contributed by atoms with Gasteiger partial charge in [0.2, 0.25) is 0 Å². The Balaban J connectivity index is 1.77. The highest BCUT2D eigenvalue weighted by Crippen LogP contribution is 2.28. The van der Waals surface area contributed by atoms with Crippen molar-refractivity contribution in [1.29, 1.82) is 0 Å². The van der Waals surface area contributed by atoms with Gasteiger partial charge < -0.3 is 4.90 Å². The van der Waals surface area contributed by atoms with Crippen LogP contribution in [0.1, 0.15) is 30.7 Å². The van der Waals surface area contributed by atoms with E-state index in [-0.39, 0.29) is 0 Å². The molecule has 0 aliphatic carbocycles. The normalized spacial score (nSPS) is 18.9. The Morgan fingerprint density at radius 2 is 2.06 bits per heavy atom.